The standard InChI is InChI=1S/C25H21F3N4O4S/c26-25(27,28)17-4-1-15(2-5-17)13-32-22(21-12-29-24(37-21)31-7-9-36-10-8-31)30-19-11-16(20(34)14-33)3-6-18(19)23(32)35/h1-6,11-12,33H,7-10,13-14H2. The number of alkyl halides is 3. The Hall–Kier alpha value is -3.61. The van der Waals surface area contributed by atoms with Crippen LogP contribution in [-0.2, 0) is 17.5 Å². The number of aliphatic hydroxyl groups excluding tert-OH is 1. The summed E-state index contributed by atoms with van der Waals surface area (Å²) in [4.78, 5) is 37.4. The molecule has 8 nitrogen and oxygen atoms in total. The molecule has 0 saturated carbocycles. The molecule has 1 aliphatic rings. The van der Waals surface area contributed by atoms with Crippen LogP contribution in [0.1, 0.15) is 21.5 Å². The van der Waals surface area contributed by atoms with Crippen LogP contribution in [-0.4, -0.2) is 58.3 Å². The lowest BCUT2D eigenvalue weighted by Gasteiger charge is -2.25. The first-order chi connectivity index (χ1) is 17.7. The highest BCUT2D eigenvalue weighted by Gasteiger charge is 2.30. The minimum absolute atomic E-state index is 0.0165. The van der Waals surface area contributed by atoms with E-state index in [9.17, 15) is 27.9 Å². The summed E-state index contributed by atoms with van der Waals surface area (Å²) in [6.07, 6.45) is -2.86. The highest BCUT2D eigenvalue weighted by molar-refractivity contribution is 7.18. The van der Waals surface area contributed by atoms with Gasteiger partial charge in [-0.05, 0) is 29.8 Å². The van der Waals surface area contributed by atoms with E-state index in [2.05, 4.69) is 14.9 Å². The van der Waals surface area contributed by atoms with E-state index in [1.165, 1.54) is 46.2 Å². The SMILES string of the molecule is O=C(CO)c1ccc2c(=O)n(Cc3ccc(C(F)(F)F)cc3)c(-c3cnc(N4CCOCC4)s3)nc2c1. The molecule has 37 heavy (non-hydrogen) atoms. The smallest absolute Gasteiger partial charge is 0.388 e. The van der Waals surface area contributed by atoms with Crippen LogP contribution in [0.5, 0.6) is 0 Å². The molecule has 1 fully saturated rings. The van der Waals surface area contributed by atoms with E-state index < -0.39 is 29.7 Å². The first-order valence-electron chi connectivity index (χ1n) is 11.4. The molecule has 0 unspecified atom stereocenters. The Morgan fingerprint density at radius 1 is 1.11 bits per heavy atom. The van der Waals surface area contributed by atoms with Crippen molar-refractivity contribution in [3.8, 4) is 10.7 Å². The van der Waals surface area contributed by atoms with E-state index >= 15 is 0 Å². The molecule has 2 aromatic carbocycles. The third-order valence-electron chi connectivity index (χ3n) is 6.04. The number of morpholine rings is 1. The minimum atomic E-state index is -4.47. The number of hydrogen-bond acceptors (Lipinski definition) is 8. The van der Waals surface area contributed by atoms with Crippen LogP contribution in [0.2, 0.25) is 0 Å². The van der Waals surface area contributed by atoms with Crippen LogP contribution in [0.25, 0.3) is 21.6 Å². The molecule has 0 amide bonds. The van der Waals surface area contributed by atoms with Gasteiger partial charge >= 0.3 is 6.18 Å². The number of carbonyl (C=O) groups is 1. The highest BCUT2D eigenvalue weighted by atomic mass is 32.1. The van der Waals surface area contributed by atoms with E-state index in [-0.39, 0.29) is 28.8 Å². The van der Waals surface area contributed by atoms with Gasteiger partial charge in [0, 0.05) is 18.7 Å². The van der Waals surface area contributed by atoms with Gasteiger partial charge in [0.15, 0.2) is 16.7 Å². The third kappa shape index (κ3) is 5.13. The van der Waals surface area contributed by atoms with E-state index in [0.29, 0.717) is 36.7 Å². The number of Topliss-reactive ketones (excluding diaryl/α,β-unsaturated/α-hetero) is 1. The monoisotopic (exact) mass is 530 g/mol. The Morgan fingerprint density at radius 2 is 1.84 bits per heavy atom. The van der Waals surface area contributed by atoms with Gasteiger partial charge in [0.2, 0.25) is 0 Å². The van der Waals surface area contributed by atoms with Gasteiger partial charge in [-0.1, -0.05) is 29.5 Å². The number of anilines is 1. The predicted octanol–water partition coefficient (Wildman–Crippen LogP) is 3.60. The topological polar surface area (TPSA) is 97.5 Å². The lowest BCUT2D eigenvalue weighted by atomic mass is 10.1. The Balaban J connectivity index is 1.62. The van der Waals surface area contributed by atoms with Crippen LogP contribution >= 0.6 is 11.3 Å². The summed E-state index contributed by atoms with van der Waals surface area (Å²) in [6.45, 7) is 1.79. The number of benzene rings is 2. The Labute approximate surface area is 212 Å². The summed E-state index contributed by atoms with van der Waals surface area (Å²) in [5.41, 5.74) is -0.221. The maximum absolute atomic E-state index is 13.6. The van der Waals surface area contributed by atoms with Crippen molar-refractivity contribution < 1.29 is 27.8 Å². The van der Waals surface area contributed by atoms with Crippen molar-refractivity contribution in [2.45, 2.75) is 12.7 Å². The van der Waals surface area contributed by atoms with E-state index in [0.717, 1.165) is 17.3 Å². The Kier molecular flexibility index (Phi) is 6.80. The number of hydrogen-bond donors (Lipinski definition) is 1. The van der Waals surface area contributed by atoms with Crippen LogP contribution in [0.4, 0.5) is 18.3 Å². The molecule has 3 heterocycles. The first-order valence-corrected chi connectivity index (χ1v) is 12.2. The second-order valence-corrected chi connectivity index (χ2v) is 9.45. The molecule has 1 aliphatic heterocycles. The van der Waals surface area contributed by atoms with Crippen molar-refractivity contribution >= 4 is 33.2 Å². The molecule has 2 aromatic heterocycles. The second kappa shape index (κ2) is 10.0. The van der Waals surface area contributed by atoms with Crippen LogP contribution in [0.15, 0.2) is 53.5 Å². The van der Waals surface area contributed by atoms with Crippen LogP contribution < -0.4 is 10.5 Å². The molecule has 0 atom stereocenters. The first kappa shape index (κ1) is 25.1. The van der Waals surface area contributed by atoms with Crippen molar-refractivity contribution in [3.63, 3.8) is 0 Å². The Bertz CT molecular complexity index is 1510. The summed E-state index contributed by atoms with van der Waals surface area (Å²) >= 11 is 1.34. The van der Waals surface area contributed by atoms with Crippen molar-refractivity contribution in [1.29, 1.82) is 0 Å². The zero-order chi connectivity index (χ0) is 26.2. The lowest BCUT2D eigenvalue weighted by Crippen LogP contribution is -2.36. The fourth-order valence-electron chi connectivity index (χ4n) is 4.07. The number of ketones is 1. The molecule has 0 bridgehead atoms. The molecule has 4 aromatic rings. The third-order valence-corrected chi connectivity index (χ3v) is 7.09. The minimum Gasteiger partial charge on any atom is -0.388 e. The summed E-state index contributed by atoms with van der Waals surface area (Å²) in [7, 11) is 0. The molecule has 0 aliphatic carbocycles. The van der Waals surface area contributed by atoms with Gasteiger partial charge in [-0.25, -0.2) is 9.97 Å². The molecular weight excluding hydrogens is 509 g/mol. The van der Waals surface area contributed by atoms with Crippen molar-refractivity contribution in [3.05, 3.63) is 75.7 Å². The van der Waals surface area contributed by atoms with E-state index in [1.54, 1.807) is 6.20 Å². The normalized spacial score (nSPS) is 14.3. The van der Waals surface area contributed by atoms with Crippen molar-refractivity contribution in [2.24, 2.45) is 0 Å². The quantitative estimate of drug-likeness (QED) is 0.381. The summed E-state index contributed by atoms with van der Waals surface area (Å²) < 4.78 is 45.8. The average molecular weight is 531 g/mol. The molecule has 0 spiro atoms. The summed E-state index contributed by atoms with van der Waals surface area (Å²) in [6, 6.07) is 8.97. The highest BCUT2D eigenvalue weighted by Crippen LogP contribution is 2.32. The maximum Gasteiger partial charge on any atom is 0.416 e. The van der Waals surface area contributed by atoms with Crippen molar-refractivity contribution in [2.75, 3.05) is 37.8 Å². The largest absolute Gasteiger partial charge is 0.416 e. The Morgan fingerprint density at radius 3 is 2.51 bits per heavy atom. The zero-order valence-electron chi connectivity index (χ0n) is 19.4. The van der Waals surface area contributed by atoms with Gasteiger partial charge in [0.1, 0.15) is 6.61 Å². The number of ether oxygens (including phenoxy) is 1. The fourth-order valence-corrected chi connectivity index (χ4v) is 5.04. The number of carbonyl (C=O) groups excluding carboxylic acids is 1. The van der Waals surface area contributed by atoms with Gasteiger partial charge in [-0.3, -0.25) is 14.2 Å². The predicted molar refractivity (Wildman–Crippen MR) is 132 cm³/mol. The summed E-state index contributed by atoms with van der Waals surface area (Å²) in [5.74, 6) is -0.227. The molecule has 0 radical (unpaired) electrons. The number of nitrogens with zero attached hydrogens (tertiary/aromatic N) is 4. The summed E-state index contributed by atoms with van der Waals surface area (Å²) in [5, 5.41) is 10.2. The molecule has 1 N–H and O–H groups in total. The molecule has 5 rings (SSSR count). The molecule has 12 heteroatoms. The van der Waals surface area contributed by atoms with Crippen LogP contribution in [0.3, 0.4) is 0 Å². The number of aromatic nitrogens is 3. The number of thiazole rings is 1. The van der Waals surface area contributed by atoms with Gasteiger partial charge in [-0.15, -0.1) is 0 Å². The number of halogens is 3. The molecule has 192 valence electrons. The zero-order valence-corrected chi connectivity index (χ0v) is 20.2. The van der Waals surface area contributed by atoms with E-state index in [1.807, 2.05) is 0 Å². The van der Waals surface area contributed by atoms with Crippen LogP contribution in [0, 0.1) is 0 Å². The van der Waals surface area contributed by atoms with Crippen molar-refractivity contribution in [1.82, 2.24) is 14.5 Å². The van der Waals surface area contributed by atoms with Gasteiger partial charge in [0.05, 0.1) is 47.3 Å². The number of fused-ring (bicyclic) bond motifs is 1. The average Bonchev–Trinajstić information content (AvgIpc) is 3.40. The van der Waals surface area contributed by atoms with Gasteiger partial charge < -0.3 is 14.7 Å². The second-order valence-electron chi connectivity index (χ2n) is 8.44. The van der Waals surface area contributed by atoms with Gasteiger partial charge in [-0.2, -0.15) is 13.2 Å². The van der Waals surface area contributed by atoms with E-state index in [4.69, 9.17) is 4.74 Å². The number of aliphatic hydroxyl groups is 1. The fraction of sp³-hybridized carbons (Fsp3) is 0.280. The van der Waals surface area contributed by atoms with Gasteiger partial charge in [0.25, 0.3) is 5.56 Å². The molecule has 1 saturated heterocycles. The maximum atomic E-state index is 13.6. The lowest BCUT2D eigenvalue weighted by molar-refractivity contribution is -0.137. The number of rotatable bonds is 6. The molecular formula is C25H21F3N4O4S.